The molecule has 0 saturated carbocycles. The number of furan rings is 1. The lowest BCUT2D eigenvalue weighted by Gasteiger charge is -2.07. The van der Waals surface area contributed by atoms with Gasteiger partial charge in [-0.3, -0.25) is 9.48 Å². The van der Waals surface area contributed by atoms with Crippen molar-refractivity contribution in [3.05, 3.63) is 59.8 Å². The van der Waals surface area contributed by atoms with Crippen molar-refractivity contribution in [3.8, 4) is 11.5 Å². The van der Waals surface area contributed by atoms with E-state index in [0.717, 1.165) is 0 Å². The van der Waals surface area contributed by atoms with Crippen LogP contribution < -0.4 is 14.8 Å². The van der Waals surface area contributed by atoms with E-state index in [-0.39, 0.29) is 29.9 Å². The van der Waals surface area contributed by atoms with Crippen molar-refractivity contribution >= 4 is 17.6 Å². The molecular formula is C22H25N3O6. The van der Waals surface area contributed by atoms with Crippen molar-refractivity contribution in [2.24, 2.45) is 0 Å². The fourth-order valence-electron chi connectivity index (χ4n) is 2.70. The number of anilines is 1. The summed E-state index contributed by atoms with van der Waals surface area (Å²) in [4.78, 5) is 24.9. The number of aromatic nitrogens is 2. The lowest BCUT2D eigenvalue weighted by Crippen LogP contribution is -2.17. The van der Waals surface area contributed by atoms with Crippen LogP contribution in [0.4, 0.5) is 5.69 Å². The molecule has 0 unspecified atom stereocenters. The number of rotatable bonds is 9. The van der Waals surface area contributed by atoms with Crippen LogP contribution in [0.2, 0.25) is 0 Å². The summed E-state index contributed by atoms with van der Waals surface area (Å²) in [6.07, 6.45) is 1.27. The molecule has 0 aliphatic carbocycles. The minimum absolute atomic E-state index is 0.0389. The Balaban J connectivity index is 1.67. The van der Waals surface area contributed by atoms with Crippen molar-refractivity contribution < 1.29 is 28.2 Å². The maximum atomic E-state index is 12.6. The number of methoxy groups -OCH3 is 1. The molecule has 1 N–H and O–H groups in total. The van der Waals surface area contributed by atoms with Crippen molar-refractivity contribution in [3.63, 3.8) is 0 Å². The van der Waals surface area contributed by atoms with Gasteiger partial charge in [-0.05, 0) is 45.0 Å². The van der Waals surface area contributed by atoms with E-state index in [1.54, 1.807) is 50.0 Å². The molecule has 2 heterocycles. The molecule has 1 aromatic carbocycles. The first kappa shape index (κ1) is 21.9. The summed E-state index contributed by atoms with van der Waals surface area (Å²) in [6, 6.07) is 10.4. The number of ether oxygens (including phenoxy) is 3. The number of nitrogens with zero attached hydrogens (tertiary/aromatic N) is 2. The number of esters is 1. The molecule has 0 saturated heterocycles. The second-order valence-electron chi connectivity index (χ2n) is 6.89. The van der Waals surface area contributed by atoms with E-state index in [1.165, 1.54) is 6.07 Å². The van der Waals surface area contributed by atoms with Gasteiger partial charge in [-0.15, -0.1) is 0 Å². The van der Waals surface area contributed by atoms with Gasteiger partial charge in [0.05, 0.1) is 18.9 Å². The summed E-state index contributed by atoms with van der Waals surface area (Å²) in [5, 5.41) is 6.84. The fourth-order valence-corrected chi connectivity index (χ4v) is 2.70. The van der Waals surface area contributed by atoms with Crippen LogP contribution in [0.25, 0.3) is 0 Å². The van der Waals surface area contributed by atoms with E-state index in [1.807, 2.05) is 19.1 Å². The van der Waals surface area contributed by atoms with Gasteiger partial charge < -0.3 is 23.9 Å². The number of hydrogen-bond acceptors (Lipinski definition) is 7. The van der Waals surface area contributed by atoms with E-state index in [2.05, 4.69) is 10.4 Å². The highest BCUT2D eigenvalue weighted by molar-refractivity contribution is 6.06. The molecule has 9 nitrogen and oxygen atoms in total. The molecule has 0 bridgehead atoms. The molecule has 0 spiro atoms. The molecule has 0 aliphatic heterocycles. The predicted octanol–water partition coefficient (Wildman–Crippen LogP) is 3.90. The lowest BCUT2D eigenvalue weighted by molar-refractivity contribution is 0.0371. The van der Waals surface area contributed by atoms with Gasteiger partial charge in [0.1, 0.15) is 23.9 Å². The fraction of sp³-hybridized carbons (Fsp3) is 0.318. The molecule has 0 radical (unpaired) electrons. The molecule has 9 heteroatoms. The molecule has 3 rings (SSSR count). The molecule has 0 aliphatic rings. The first-order valence-corrected chi connectivity index (χ1v) is 9.85. The maximum Gasteiger partial charge on any atom is 0.361 e. The number of nitrogens with one attached hydrogen (secondary N) is 1. The molecule has 3 aromatic rings. The third kappa shape index (κ3) is 5.65. The van der Waals surface area contributed by atoms with Gasteiger partial charge >= 0.3 is 5.97 Å². The van der Waals surface area contributed by atoms with E-state index >= 15 is 0 Å². The zero-order chi connectivity index (χ0) is 22.4. The van der Waals surface area contributed by atoms with Gasteiger partial charge in [0.25, 0.3) is 5.91 Å². The van der Waals surface area contributed by atoms with E-state index < -0.39 is 11.9 Å². The first-order chi connectivity index (χ1) is 14.9. The van der Waals surface area contributed by atoms with E-state index in [9.17, 15) is 9.59 Å². The largest absolute Gasteiger partial charge is 0.497 e. The highest BCUT2D eigenvalue weighted by Gasteiger charge is 2.22. The summed E-state index contributed by atoms with van der Waals surface area (Å²) in [7, 11) is 1.58. The molecule has 31 heavy (non-hydrogen) atoms. The standard InChI is InChI=1S/C22H25N3O6/c1-5-25-12-18(20(24-25)22(27)30-14(2)3)23-21(26)19-10-9-17(31-19)13-29-16-8-6-7-15(11-16)28-4/h6-12,14H,5,13H2,1-4H3,(H,23,26). The van der Waals surface area contributed by atoms with Crippen molar-refractivity contribution in [2.45, 2.75) is 40.0 Å². The summed E-state index contributed by atoms with van der Waals surface area (Å²) < 4.78 is 23.2. The molecule has 0 atom stereocenters. The minimum Gasteiger partial charge on any atom is -0.497 e. The van der Waals surface area contributed by atoms with Crippen molar-refractivity contribution in [1.29, 1.82) is 0 Å². The molecular weight excluding hydrogens is 402 g/mol. The quantitative estimate of drug-likeness (QED) is 0.516. The van der Waals surface area contributed by atoms with Gasteiger partial charge in [0.15, 0.2) is 11.5 Å². The Kier molecular flexibility index (Phi) is 6.96. The maximum absolute atomic E-state index is 12.6. The van der Waals surface area contributed by atoms with Crippen LogP contribution in [0.5, 0.6) is 11.5 Å². The third-order valence-electron chi connectivity index (χ3n) is 4.18. The summed E-state index contributed by atoms with van der Waals surface area (Å²) in [6.45, 7) is 6.03. The third-order valence-corrected chi connectivity index (χ3v) is 4.18. The normalized spacial score (nSPS) is 10.7. The monoisotopic (exact) mass is 427 g/mol. The van der Waals surface area contributed by atoms with Crippen molar-refractivity contribution in [1.82, 2.24) is 9.78 Å². The number of benzene rings is 1. The van der Waals surface area contributed by atoms with Crippen LogP contribution in [0.3, 0.4) is 0 Å². The van der Waals surface area contributed by atoms with Gasteiger partial charge in [0.2, 0.25) is 0 Å². The van der Waals surface area contributed by atoms with Crippen molar-refractivity contribution in [2.75, 3.05) is 12.4 Å². The number of amides is 1. The number of carbonyl (C=O) groups is 2. The van der Waals surface area contributed by atoms with Gasteiger partial charge in [-0.2, -0.15) is 5.10 Å². The van der Waals surface area contributed by atoms with Crippen LogP contribution in [0, 0.1) is 0 Å². The van der Waals surface area contributed by atoms with Gasteiger partial charge in [-0.1, -0.05) is 6.07 Å². The SMILES string of the molecule is CCn1cc(NC(=O)c2ccc(COc3cccc(OC)c3)o2)c(C(=O)OC(C)C)n1. The van der Waals surface area contributed by atoms with Gasteiger partial charge in [-0.25, -0.2) is 4.79 Å². The average Bonchev–Trinajstić information content (AvgIpc) is 3.39. The summed E-state index contributed by atoms with van der Waals surface area (Å²) in [5.41, 5.74) is 0.292. The Morgan fingerprint density at radius 1 is 1.19 bits per heavy atom. The Morgan fingerprint density at radius 2 is 1.97 bits per heavy atom. The Labute approximate surface area is 179 Å². The Morgan fingerprint density at radius 3 is 2.68 bits per heavy atom. The van der Waals surface area contributed by atoms with Crippen LogP contribution in [-0.4, -0.2) is 34.9 Å². The highest BCUT2D eigenvalue weighted by Crippen LogP contribution is 2.21. The zero-order valence-electron chi connectivity index (χ0n) is 17.9. The minimum atomic E-state index is -0.607. The smallest absolute Gasteiger partial charge is 0.361 e. The lowest BCUT2D eigenvalue weighted by atomic mass is 10.3. The van der Waals surface area contributed by atoms with Crippen LogP contribution in [0.15, 0.2) is 47.0 Å². The average molecular weight is 427 g/mol. The first-order valence-electron chi connectivity index (χ1n) is 9.85. The van der Waals surface area contributed by atoms with Crippen LogP contribution in [0.1, 0.15) is 47.6 Å². The second-order valence-corrected chi connectivity index (χ2v) is 6.89. The van der Waals surface area contributed by atoms with Crippen LogP contribution >= 0.6 is 0 Å². The highest BCUT2D eigenvalue weighted by atomic mass is 16.5. The Hall–Kier alpha value is -3.75. The zero-order valence-corrected chi connectivity index (χ0v) is 17.9. The Bertz CT molecular complexity index is 1050. The molecule has 164 valence electrons. The summed E-state index contributed by atoms with van der Waals surface area (Å²) >= 11 is 0. The molecule has 2 aromatic heterocycles. The van der Waals surface area contributed by atoms with E-state index in [4.69, 9.17) is 18.6 Å². The second kappa shape index (κ2) is 9.84. The number of aryl methyl sites for hydroxylation is 1. The predicted molar refractivity (Wildman–Crippen MR) is 112 cm³/mol. The number of hydrogen-bond donors (Lipinski definition) is 1. The molecule has 0 fully saturated rings. The van der Waals surface area contributed by atoms with Gasteiger partial charge in [0, 0.05) is 18.8 Å². The van der Waals surface area contributed by atoms with E-state index in [0.29, 0.717) is 23.8 Å². The topological polar surface area (TPSA) is 105 Å². The van der Waals surface area contributed by atoms with Crippen LogP contribution in [-0.2, 0) is 17.9 Å². The summed E-state index contributed by atoms with van der Waals surface area (Å²) in [5.74, 6) is 0.720. The molecule has 1 amide bonds. The number of carbonyl (C=O) groups excluding carboxylic acids is 2.